The smallest absolute Gasteiger partial charge is 0.261 e. The van der Waals surface area contributed by atoms with Gasteiger partial charge in [0.2, 0.25) is 0 Å². The Morgan fingerprint density at radius 3 is 2.95 bits per heavy atom. The summed E-state index contributed by atoms with van der Waals surface area (Å²) < 4.78 is 7.15. The molecule has 3 aromatic heterocycles. The topological polar surface area (TPSA) is 81.7 Å². The van der Waals surface area contributed by atoms with E-state index in [9.17, 15) is 0 Å². The maximum atomic E-state index is 5.23. The quantitative estimate of drug-likeness (QED) is 0.752. The summed E-state index contributed by atoms with van der Waals surface area (Å²) in [5, 5.41) is 11.4. The molecule has 0 aliphatic heterocycles. The van der Waals surface area contributed by atoms with Gasteiger partial charge in [-0.2, -0.15) is 10.1 Å². The summed E-state index contributed by atoms with van der Waals surface area (Å²) in [4.78, 5) is 8.63. The van der Waals surface area contributed by atoms with Crippen LogP contribution in [0.15, 0.2) is 41.3 Å². The van der Waals surface area contributed by atoms with Crippen LogP contribution in [0, 0.1) is 12.8 Å². The zero-order valence-electron chi connectivity index (χ0n) is 12.6. The summed E-state index contributed by atoms with van der Waals surface area (Å²) in [5.74, 6) is 2.24. The predicted octanol–water partition coefficient (Wildman–Crippen LogP) is 2.38. The van der Waals surface area contributed by atoms with Crippen LogP contribution in [0.25, 0.3) is 11.5 Å². The summed E-state index contributed by atoms with van der Waals surface area (Å²) in [5.41, 5.74) is 0.814. The normalized spacial score (nSPS) is 12.3. The van der Waals surface area contributed by atoms with E-state index in [4.69, 9.17) is 4.52 Å². The molecule has 0 fully saturated rings. The van der Waals surface area contributed by atoms with E-state index in [2.05, 4.69) is 32.5 Å². The minimum atomic E-state index is 0.402. The number of hydrogen-bond acceptors (Lipinski definition) is 6. The highest BCUT2D eigenvalue weighted by Gasteiger charge is 2.13. The van der Waals surface area contributed by atoms with Crippen LogP contribution in [0.2, 0.25) is 0 Å². The van der Waals surface area contributed by atoms with Crippen LogP contribution in [0.4, 0.5) is 5.82 Å². The Hall–Kier alpha value is -2.70. The maximum absolute atomic E-state index is 5.23. The lowest BCUT2D eigenvalue weighted by molar-refractivity contribution is 0.425. The third-order valence-electron chi connectivity index (χ3n) is 3.24. The molecule has 0 aliphatic rings. The van der Waals surface area contributed by atoms with Crippen LogP contribution < -0.4 is 5.32 Å². The van der Waals surface area contributed by atoms with Crippen LogP contribution in [-0.4, -0.2) is 31.4 Å². The molecule has 3 aromatic rings. The Morgan fingerprint density at radius 1 is 1.32 bits per heavy atom. The summed E-state index contributed by atoms with van der Waals surface area (Å²) >= 11 is 0. The van der Waals surface area contributed by atoms with Gasteiger partial charge >= 0.3 is 0 Å². The zero-order valence-corrected chi connectivity index (χ0v) is 12.6. The summed E-state index contributed by atoms with van der Waals surface area (Å²) in [6.45, 7) is 5.58. The molecular formula is C15H18N6O. The van der Waals surface area contributed by atoms with Gasteiger partial charge < -0.3 is 9.84 Å². The van der Waals surface area contributed by atoms with Crippen molar-refractivity contribution in [2.75, 3.05) is 11.9 Å². The van der Waals surface area contributed by atoms with Gasteiger partial charge in [0.05, 0.1) is 5.56 Å². The van der Waals surface area contributed by atoms with Crippen molar-refractivity contribution in [2.45, 2.75) is 20.4 Å². The Labute approximate surface area is 128 Å². The molecule has 0 spiro atoms. The first-order chi connectivity index (χ1) is 10.7. The molecule has 7 nitrogen and oxygen atoms in total. The Morgan fingerprint density at radius 2 is 2.23 bits per heavy atom. The highest BCUT2D eigenvalue weighted by molar-refractivity contribution is 5.68. The molecular weight excluding hydrogens is 280 g/mol. The Bertz CT molecular complexity index is 721. The summed E-state index contributed by atoms with van der Waals surface area (Å²) in [7, 11) is 0. The molecule has 22 heavy (non-hydrogen) atoms. The van der Waals surface area contributed by atoms with E-state index in [0.717, 1.165) is 24.5 Å². The van der Waals surface area contributed by atoms with Crippen LogP contribution in [-0.2, 0) is 6.54 Å². The number of rotatable bonds is 6. The maximum Gasteiger partial charge on any atom is 0.261 e. The Balaban J connectivity index is 1.67. The fourth-order valence-electron chi connectivity index (χ4n) is 2.19. The largest absolute Gasteiger partial charge is 0.369 e. The van der Waals surface area contributed by atoms with Crippen molar-refractivity contribution in [3.8, 4) is 11.5 Å². The third kappa shape index (κ3) is 3.30. The van der Waals surface area contributed by atoms with Crippen LogP contribution >= 0.6 is 0 Å². The molecule has 0 aliphatic carbocycles. The first-order valence-electron chi connectivity index (χ1n) is 7.19. The number of pyridine rings is 1. The molecule has 114 valence electrons. The zero-order chi connectivity index (χ0) is 15.4. The van der Waals surface area contributed by atoms with Crippen molar-refractivity contribution in [3.05, 3.63) is 42.6 Å². The first kappa shape index (κ1) is 14.2. The minimum absolute atomic E-state index is 0.402. The number of nitrogens with zero attached hydrogens (tertiary/aromatic N) is 5. The van der Waals surface area contributed by atoms with Gasteiger partial charge in [-0.25, -0.2) is 4.98 Å². The molecule has 0 aromatic carbocycles. The van der Waals surface area contributed by atoms with E-state index in [1.165, 1.54) is 0 Å². The fourth-order valence-corrected chi connectivity index (χ4v) is 2.19. The number of aromatic nitrogens is 5. The van der Waals surface area contributed by atoms with E-state index in [1.54, 1.807) is 19.3 Å². The second-order valence-corrected chi connectivity index (χ2v) is 5.26. The van der Waals surface area contributed by atoms with Crippen LogP contribution in [0.1, 0.15) is 12.7 Å². The lowest BCUT2D eigenvalue weighted by Gasteiger charge is -2.14. The third-order valence-corrected chi connectivity index (χ3v) is 3.24. The van der Waals surface area contributed by atoms with Crippen LogP contribution in [0.5, 0.6) is 0 Å². The lowest BCUT2D eigenvalue weighted by atomic mass is 10.1. The minimum Gasteiger partial charge on any atom is -0.369 e. The summed E-state index contributed by atoms with van der Waals surface area (Å²) in [6, 6.07) is 5.70. The molecule has 1 N–H and O–H groups in total. The van der Waals surface area contributed by atoms with E-state index in [-0.39, 0.29) is 0 Å². The van der Waals surface area contributed by atoms with Gasteiger partial charge in [-0.1, -0.05) is 12.1 Å². The van der Waals surface area contributed by atoms with E-state index in [1.807, 2.05) is 29.1 Å². The standard InChI is InChI=1S/C15H18N6O/c1-11(10-21-8-4-7-18-21)9-17-14-13(5-3-6-16-14)15-19-12(2)20-22-15/h3-8,11H,9-10H2,1-2H3,(H,16,17)/t11-/m1/s1. The molecule has 0 amide bonds. The van der Waals surface area contributed by atoms with Gasteiger partial charge in [-0.15, -0.1) is 0 Å². The average Bonchev–Trinajstić information content (AvgIpc) is 3.17. The van der Waals surface area contributed by atoms with E-state index >= 15 is 0 Å². The molecule has 0 radical (unpaired) electrons. The highest BCUT2D eigenvalue weighted by atomic mass is 16.5. The fraction of sp³-hybridized carbons (Fsp3) is 0.333. The van der Waals surface area contributed by atoms with E-state index < -0.39 is 0 Å². The Kier molecular flexibility index (Phi) is 4.13. The monoisotopic (exact) mass is 298 g/mol. The van der Waals surface area contributed by atoms with Crippen molar-refractivity contribution < 1.29 is 4.52 Å². The molecule has 0 bridgehead atoms. The molecule has 1 atom stereocenters. The first-order valence-corrected chi connectivity index (χ1v) is 7.19. The average molecular weight is 298 g/mol. The van der Waals surface area contributed by atoms with Gasteiger partial charge in [-0.3, -0.25) is 4.68 Å². The molecule has 3 rings (SSSR count). The number of aryl methyl sites for hydroxylation is 1. The van der Waals surface area contributed by atoms with Gasteiger partial charge in [0.1, 0.15) is 5.82 Å². The van der Waals surface area contributed by atoms with E-state index in [0.29, 0.717) is 17.6 Å². The predicted molar refractivity (Wildman–Crippen MR) is 82.1 cm³/mol. The van der Waals surface area contributed by atoms with Gasteiger partial charge in [0.15, 0.2) is 5.82 Å². The second-order valence-electron chi connectivity index (χ2n) is 5.26. The number of nitrogens with one attached hydrogen (secondary N) is 1. The molecule has 7 heteroatoms. The highest BCUT2D eigenvalue weighted by Crippen LogP contribution is 2.24. The van der Waals surface area contributed by atoms with Crippen molar-refractivity contribution in [1.82, 2.24) is 24.9 Å². The van der Waals surface area contributed by atoms with Crippen molar-refractivity contribution in [2.24, 2.45) is 5.92 Å². The second kappa shape index (κ2) is 6.38. The molecule has 0 unspecified atom stereocenters. The number of anilines is 1. The molecule has 3 heterocycles. The summed E-state index contributed by atoms with van der Waals surface area (Å²) in [6.07, 6.45) is 5.49. The van der Waals surface area contributed by atoms with Gasteiger partial charge in [-0.05, 0) is 31.0 Å². The molecule has 0 saturated heterocycles. The van der Waals surface area contributed by atoms with Crippen molar-refractivity contribution >= 4 is 5.82 Å². The van der Waals surface area contributed by atoms with Crippen molar-refractivity contribution in [3.63, 3.8) is 0 Å². The van der Waals surface area contributed by atoms with Gasteiger partial charge in [0, 0.05) is 31.7 Å². The lowest BCUT2D eigenvalue weighted by Crippen LogP contribution is -2.18. The molecule has 0 saturated carbocycles. The van der Waals surface area contributed by atoms with Gasteiger partial charge in [0.25, 0.3) is 5.89 Å². The van der Waals surface area contributed by atoms with Crippen LogP contribution in [0.3, 0.4) is 0 Å². The van der Waals surface area contributed by atoms with Crippen molar-refractivity contribution in [1.29, 1.82) is 0 Å². The SMILES string of the molecule is Cc1noc(-c2cccnc2NC[C@@H](C)Cn2cccn2)n1. The number of hydrogen-bond donors (Lipinski definition) is 1.